The Hall–Kier alpha value is -2.82. The number of hydrogen-bond donors (Lipinski definition) is 0. The summed E-state index contributed by atoms with van der Waals surface area (Å²) in [5.74, 6) is 1.56. The zero-order chi connectivity index (χ0) is 19.0. The smallest absolute Gasteiger partial charge is 0.253 e. The summed E-state index contributed by atoms with van der Waals surface area (Å²) in [5, 5.41) is 0. The summed E-state index contributed by atoms with van der Waals surface area (Å²) >= 11 is 0. The molecule has 3 aliphatic rings. The standard InChI is InChI=1S/C22H24N2O3/c1-15-4-3-5-20(12-15)27-19-10-7-16(8-11-19)22(26)24-13-17-6-9-18(14-24)23(2)21(17)25/h3-5,7-8,10-12,17-18H,6,9,13-14H2,1-2H3/t17-,18+/m1/s1. The Morgan fingerprint density at radius 1 is 1.04 bits per heavy atom. The van der Waals surface area contributed by atoms with Crippen molar-refractivity contribution in [2.75, 3.05) is 20.1 Å². The number of rotatable bonds is 3. The number of likely N-dealkylation sites (N-methyl/N-ethyl adjacent to an activating group) is 1. The normalized spacial score (nSPS) is 21.9. The van der Waals surface area contributed by atoms with Gasteiger partial charge >= 0.3 is 0 Å². The number of amides is 2. The fourth-order valence-electron chi connectivity index (χ4n) is 3.99. The quantitative estimate of drug-likeness (QED) is 0.838. The molecule has 0 saturated carbocycles. The lowest BCUT2D eigenvalue weighted by molar-refractivity contribution is -0.138. The number of benzene rings is 2. The van der Waals surface area contributed by atoms with Crippen LogP contribution in [-0.2, 0) is 4.79 Å². The number of aryl methyl sites for hydroxylation is 1. The van der Waals surface area contributed by atoms with E-state index in [-0.39, 0.29) is 23.8 Å². The summed E-state index contributed by atoms with van der Waals surface area (Å²) in [5.41, 5.74) is 1.76. The van der Waals surface area contributed by atoms with Crippen molar-refractivity contribution in [3.63, 3.8) is 0 Å². The first-order chi connectivity index (χ1) is 13.0. The van der Waals surface area contributed by atoms with Crippen molar-refractivity contribution in [1.82, 2.24) is 9.80 Å². The van der Waals surface area contributed by atoms with Crippen LogP contribution < -0.4 is 4.74 Å². The van der Waals surface area contributed by atoms with Gasteiger partial charge in [-0.05, 0) is 61.7 Å². The number of carbonyl (C=O) groups excluding carboxylic acids is 2. The third-order valence-corrected chi connectivity index (χ3v) is 5.58. The maximum absolute atomic E-state index is 13.0. The van der Waals surface area contributed by atoms with Crippen molar-refractivity contribution in [2.24, 2.45) is 5.92 Å². The Morgan fingerprint density at radius 2 is 1.81 bits per heavy atom. The van der Waals surface area contributed by atoms with Crippen LogP contribution in [0, 0.1) is 12.8 Å². The van der Waals surface area contributed by atoms with Crippen LogP contribution in [-0.4, -0.2) is 47.8 Å². The van der Waals surface area contributed by atoms with E-state index in [1.807, 2.05) is 60.2 Å². The van der Waals surface area contributed by atoms with Gasteiger partial charge in [-0.2, -0.15) is 0 Å². The van der Waals surface area contributed by atoms with Crippen LogP contribution in [0.5, 0.6) is 11.5 Å². The van der Waals surface area contributed by atoms with Gasteiger partial charge in [-0.25, -0.2) is 0 Å². The van der Waals surface area contributed by atoms with Gasteiger partial charge in [-0.3, -0.25) is 9.59 Å². The van der Waals surface area contributed by atoms with Gasteiger partial charge in [0, 0.05) is 31.7 Å². The molecule has 0 aliphatic carbocycles. The molecule has 5 nitrogen and oxygen atoms in total. The van der Waals surface area contributed by atoms with Gasteiger partial charge in [0.05, 0.1) is 5.92 Å². The molecule has 5 heteroatoms. The molecule has 27 heavy (non-hydrogen) atoms. The molecular weight excluding hydrogens is 340 g/mol. The lowest BCUT2D eigenvalue weighted by Gasteiger charge is -2.32. The van der Waals surface area contributed by atoms with Crippen LogP contribution in [0.2, 0.25) is 0 Å². The molecule has 3 fully saturated rings. The molecule has 2 amide bonds. The molecule has 5 rings (SSSR count). The van der Waals surface area contributed by atoms with Gasteiger partial charge in [0.1, 0.15) is 11.5 Å². The molecule has 0 N–H and O–H groups in total. The third-order valence-electron chi connectivity index (χ3n) is 5.58. The highest BCUT2D eigenvalue weighted by Gasteiger charge is 2.40. The molecule has 3 aliphatic heterocycles. The van der Waals surface area contributed by atoms with Crippen LogP contribution in [0.15, 0.2) is 48.5 Å². The van der Waals surface area contributed by atoms with E-state index < -0.39 is 0 Å². The van der Waals surface area contributed by atoms with E-state index in [0.29, 0.717) is 24.4 Å². The summed E-state index contributed by atoms with van der Waals surface area (Å²) in [7, 11) is 1.85. The minimum atomic E-state index is -0.0679. The molecule has 140 valence electrons. The summed E-state index contributed by atoms with van der Waals surface area (Å²) in [6.07, 6.45) is 1.85. The van der Waals surface area contributed by atoms with Crippen molar-refractivity contribution in [1.29, 1.82) is 0 Å². The van der Waals surface area contributed by atoms with Crippen LogP contribution >= 0.6 is 0 Å². The molecule has 2 aromatic rings. The van der Waals surface area contributed by atoms with Crippen molar-refractivity contribution in [3.8, 4) is 11.5 Å². The highest BCUT2D eigenvalue weighted by Crippen LogP contribution is 2.29. The molecule has 0 aromatic heterocycles. The number of carbonyl (C=O) groups is 2. The predicted octanol–water partition coefficient (Wildman–Crippen LogP) is 3.48. The van der Waals surface area contributed by atoms with Crippen molar-refractivity contribution in [3.05, 3.63) is 59.7 Å². The number of ether oxygens (including phenoxy) is 1. The minimum absolute atomic E-state index is 0.0166. The molecule has 0 radical (unpaired) electrons. The van der Waals surface area contributed by atoms with E-state index in [0.717, 1.165) is 24.2 Å². The lowest BCUT2D eigenvalue weighted by atomic mass is 9.95. The Morgan fingerprint density at radius 3 is 2.56 bits per heavy atom. The Bertz CT molecular complexity index is 862. The number of nitrogens with zero attached hydrogens (tertiary/aromatic N) is 2. The summed E-state index contributed by atoms with van der Waals surface area (Å²) < 4.78 is 5.86. The molecule has 3 heterocycles. The van der Waals surface area contributed by atoms with Crippen LogP contribution in [0.4, 0.5) is 0 Å². The highest BCUT2D eigenvalue weighted by molar-refractivity contribution is 5.95. The third kappa shape index (κ3) is 3.54. The van der Waals surface area contributed by atoms with E-state index in [1.165, 1.54) is 0 Å². The fraction of sp³-hybridized carbons (Fsp3) is 0.364. The summed E-state index contributed by atoms with van der Waals surface area (Å²) in [6.45, 7) is 3.14. The molecule has 0 spiro atoms. The van der Waals surface area contributed by atoms with Crippen molar-refractivity contribution >= 4 is 11.8 Å². The van der Waals surface area contributed by atoms with Gasteiger partial charge < -0.3 is 14.5 Å². The number of fused-ring (bicyclic) bond motifs is 4. The second kappa shape index (κ2) is 7.06. The second-order valence-corrected chi connectivity index (χ2v) is 7.53. The molecule has 3 saturated heterocycles. The average Bonchev–Trinajstić information content (AvgIpc) is 2.95. The zero-order valence-electron chi connectivity index (χ0n) is 15.7. The number of hydrogen-bond acceptors (Lipinski definition) is 3. The van der Waals surface area contributed by atoms with Crippen LogP contribution in [0.1, 0.15) is 28.8 Å². The highest BCUT2D eigenvalue weighted by atomic mass is 16.5. The molecule has 2 bridgehead atoms. The van der Waals surface area contributed by atoms with Gasteiger partial charge in [-0.15, -0.1) is 0 Å². The Labute approximate surface area is 159 Å². The van der Waals surface area contributed by atoms with E-state index in [9.17, 15) is 9.59 Å². The van der Waals surface area contributed by atoms with Gasteiger partial charge in [0.15, 0.2) is 0 Å². The van der Waals surface area contributed by atoms with Gasteiger partial charge in [0.25, 0.3) is 5.91 Å². The molecular formula is C22H24N2O3. The maximum Gasteiger partial charge on any atom is 0.253 e. The van der Waals surface area contributed by atoms with E-state index in [1.54, 1.807) is 12.1 Å². The molecule has 2 atom stereocenters. The van der Waals surface area contributed by atoms with E-state index in [4.69, 9.17) is 4.74 Å². The number of piperidine rings is 1. The van der Waals surface area contributed by atoms with Crippen molar-refractivity contribution < 1.29 is 14.3 Å². The monoisotopic (exact) mass is 364 g/mol. The first-order valence-electron chi connectivity index (χ1n) is 9.42. The largest absolute Gasteiger partial charge is 0.457 e. The van der Waals surface area contributed by atoms with E-state index in [2.05, 4.69) is 0 Å². The first kappa shape index (κ1) is 17.6. The Balaban J connectivity index is 1.47. The summed E-state index contributed by atoms with van der Waals surface area (Å²) in [6, 6.07) is 15.2. The topological polar surface area (TPSA) is 49.9 Å². The Kier molecular flexibility index (Phi) is 4.60. The second-order valence-electron chi connectivity index (χ2n) is 7.53. The average molecular weight is 364 g/mol. The first-order valence-corrected chi connectivity index (χ1v) is 9.42. The molecule has 0 unspecified atom stereocenters. The van der Waals surface area contributed by atoms with Gasteiger partial charge in [-0.1, -0.05) is 12.1 Å². The predicted molar refractivity (Wildman–Crippen MR) is 103 cm³/mol. The van der Waals surface area contributed by atoms with Gasteiger partial charge in [0.2, 0.25) is 5.91 Å². The lowest BCUT2D eigenvalue weighted by Crippen LogP contribution is -2.45. The van der Waals surface area contributed by atoms with Crippen LogP contribution in [0.3, 0.4) is 0 Å². The van der Waals surface area contributed by atoms with Crippen LogP contribution in [0.25, 0.3) is 0 Å². The SMILES string of the molecule is Cc1cccc(Oc2ccc(C(=O)N3C[C@H]4CC[C@@H](C3)N(C)C4=O)cc2)c1. The fourth-order valence-corrected chi connectivity index (χ4v) is 3.99. The summed E-state index contributed by atoms with van der Waals surface area (Å²) in [4.78, 5) is 28.9. The zero-order valence-corrected chi connectivity index (χ0v) is 15.7. The maximum atomic E-state index is 13.0. The molecule has 2 aromatic carbocycles. The minimum Gasteiger partial charge on any atom is -0.457 e. The van der Waals surface area contributed by atoms with E-state index >= 15 is 0 Å². The van der Waals surface area contributed by atoms with Crippen molar-refractivity contribution in [2.45, 2.75) is 25.8 Å².